The summed E-state index contributed by atoms with van der Waals surface area (Å²) < 4.78 is 5.58. The Hall–Kier alpha value is -0.670. The summed E-state index contributed by atoms with van der Waals surface area (Å²) in [5.74, 6) is 1.04. The van der Waals surface area contributed by atoms with Crippen LogP contribution in [-0.4, -0.2) is 18.5 Å². The summed E-state index contributed by atoms with van der Waals surface area (Å²) in [4.78, 5) is 1.25. The zero-order chi connectivity index (χ0) is 10.7. The van der Waals surface area contributed by atoms with Crippen molar-refractivity contribution in [3.63, 3.8) is 0 Å². The molecular weight excluding hydrogens is 206 g/mol. The lowest BCUT2D eigenvalue weighted by Crippen LogP contribution is -2.07. The lowest BCUT2D eigenvalue weighted by atomic mass is 10.2. The topological polar surface area (TPSA) is 35.2 Å². The maximum Gasteiger partial charge on any atom is 0.0669 e. The molecule has 0 aliphatic carbocycles. The molecule has 1 aromatic rings. The fourth-order valence-corrected chi connectivity index (χ4v) is 2.95. The van der Waals surface area contributed by atoms with Gasteiger partial charge in [0, 0.05) is 22.9 Å². The number of nitrogens with two attached hydrogens (primary N) is 1. The maximum atomic E-state index is 5.80. The molecule has 0 spiro atoms. The summed E-state index contributed by atoms with van der Waals surface area (Å²) in [5, 5.41) is 0. The van der Waals surface area contributed by atoms with Crippen molar-refractivity contribution in [3.05, 3.63) is 23.8 Å². The number of nitrogen functional groups attached to an aromatic ring is 1. The van der Waals surface area contributed by atoms with Crippen molar-refractivity contribution in [1.82, 2.24) is 0 Å². The van der Waals surface area contributed by atoms with Crippen molar-refractivity contribution in [1.29, 1.82) is 0 Å². The van der Waals surface area contributed by atoms with Crippen LogP contribution in [0.25, 0.3) is 0 Å². The van der Waals surface area contributed by atoms with Crippen LogP contribution in [0, 0.1) is 6.92 Å². The number of hydrogen-bond acceptors (Lipinski definition) is 3. The monoisotopic (exact) mass is 223 g/mol. The average Bonchev–Trinajstić information content (AvgIpc) is 2.65. The summed E-state index contributed by atoms with van der Waals surface area (Å²) in [6.07, 6.45) is 2.85. The second-order valence-corrected chi connectivity index (χ2v) is 5.12. The van der Waals surface area contributed by atoms with Crippen molar-refractivity contribution < 1.29 is 4.74 Å². The molecule has 2 nitrogen and oxygen atoms in total. The van der Waals surface area contributed by atoms with E-state index in [-0.39, 0.29) is 0 Å². The molecule has 1 atom stereocenters. The predicted molar refractivity (Wildman–Crippen MR) is 65.3 cm³/mol. The van der Waals surface area contributed by atoms with Crippen LogP contribution in [0.4, 0.5) is 5.69 Å². The second-order valence-electron chi connectivity index (χ2n) is 4.03. The van der Waals surface area contributed by atoms with Gasteiger partial charge in [0.2, 0.25) is 0 Å². The number of rotatable bonds is 3. The summed E-state index contributed by atoms with van der Waals surface area (Å²) in [6.45, 7) is 3.01. The van der Waals surface area contributed by atoms with Gasteiger partial charge < -0.3 is 10.5 Å². The first-order chi connectivity index (χ1) is 7.24. The number of thioether (sulfide) groups is 1. The van der Waals surface area contributed by atoms with Crippen LogP contribution >= 0.6 is 11.8 Å². The largest absolute Gasteiger partial charge is 0.399 e. The lowest BCUT2D eigenvalue weighted by Gasteiger charge is -2.09. The van der Waals surface area contributed by atoms with Gasteiger partial charge in [-0.2, -0.15) is 0 Å². The van der Waals surface area contributed by atoms with Crippen LogP contribution in [-0.2, 0) is 4.74 Å². The van der Waals surface area contributed by atoms with Crippen molar-refractivity contribution in [3.8, 4) is 0 Å². The molecule has 2 rings (SSSR count). The van der Waals surface area contributed by atoms with E-state index in [1.54, 1.807) is 0 Å². The molecule has 0 saturated carbocycles. The van der Waals surface area contributed by atoms with Crippen molar-refractivity contribution in [2.75, 3.05) is 18.1 Å². The lowest BCUT2D eigenvalue weighted by molar-refractivity contribution is 0.129. The van der Waals surface area contributed by atoms with E-state index in [2.05, 4.69) is 13.0 Å². The Morgan fingerprint density at radius 3 is 3.00 bits per heavy atom. The van der Waals surface area contributed by atoms with Crippen molar-refractivity contribution in [2.24, 2.45) is 0 Å². The Labute approximate surface area is 95.2 Å². The van der Waals surface area contributed by atoms with Gasteiger partial charge in [0.25, 0.3) is 0 Å². The third-order valence-corrected chi connectivity index (χ3v) is 3.64. The second kappa shape index (κ2) is 4.90. The zero-order valence-electron chi connectivity index (χ0n) is 9.03. The van der Waals surface area contributed by atoms with Gasteiger partial charge in [-0.25, -0.2) is 0 Å². The van der Waals surface area contributed by atoms with E-state index in [0.29, 0.717) is 6.10 Å². The Kier molecular flexibility index (Phi) is 3.54. The van der Waals surface area contributed by atoms with Crippen LogP contribution in [0.15, 0.2) is 23.1 Å². The molecule has 3 heteroatoms. The maximum absolute atomic E-state index is 5.80. The molecule has 1 saturated heterocycles. The van der Waals surface area contributed by atoms with Gasteiger partial charge >= 0.3 is 0 Å². The number of aryl methyl sites for hydroxylation is 1. The minimum atomic E-state index is 0.441. The molecule has 2 N–H and O–H groups in total. The smallest absolute Gasteiger partial charge is 0.0669 e. The molecule has 0 amide bonds. The summed E-state index contributed by atoms with van der Waals surface area (Å²) in [5.41, 5.74) is 7.88. The van der Waals surface area contributed by atoms with E-state index in [1.165, 1.54) is 23.3 Å². The van der Waals surface area contributed by atoms with Crippen LogP contribution in [0.2, 0.25) is 0 Å². The third-order valence-electron chi connectivity index (χ3n) is 2.53. The third kappa shape index (κ3) is 3.14. The summed E-state index contributed by atoms with van der Waals surface area (Å²) >= 11 is 1.84. The Bertz CT molecular complexity index is 314. The molecular formula is C12H17NOS. The van der Waals surface area contributed by atoms with Crippen LogP contribution in [0.5, 0.6) is 0 Å². The van der Waals surface area contributed by atoms with Gasteiger partial charge in [-0.05, 0) is 43.5 Å². The summed E-state index contributed by atoms with van der Waals surface area (Å²) in [7, 11) is 0. The van der Waals surface area contributed by atoms with Gasteiger partial charge in [-0.15, -0.1) is 11.8 Å². The molecule has 1 aliphatic heterocycles. The normalized spacial score (nSPS) is 20.7. The average molecular weight is 223 g/mol. The standard InChI is InChI=1S/C12H17NOS/c1-9-5-10(13)7-12(6-9)15-8-11-3-2-4-14-11/h5-7,11H,2-4,8,13H2,1H3. The van der Waals surface area contributed by atoms with Crippen LogP contribution in [0.1, 0.15) is 18.4 Å². The van der Waals surface area contributed by atoms with E-state index in [0.717, 1.165) is 18.0 Å². The van der Waals surface area contributed by atoms with Gasteiger partial charge in [0.05, 0.1) is 6.10 Å². The first-order valence-electron chi connectivity index (χ1n) is 5.35. The molecule has 82 valence electrons. The number of anilines is 1. The molecule has 1 aromatic carbocycles. The zero-order valence-corrected chi connectivity index (χ0v) is 9.85. The fraction of sp³-hybridized carbons (Fsp3) is 0.500. The molecule has 1 fully saturated rings. The van der Waals surface area contributed by atoms with Crippen LogP contribution < -0.4 is 5.73 Å². The quantitative estimate of drug-likeness (QED) is 0.632. The Morgan fingerprint density at radius 1 is 1.47 bits per heavy atom. The fourth-order valence-electron chi connectivity index (χ4n) is 1.82. The van der Waals surface area contributed by atoms with E-state index in [1.807, 2.05) is 23.9 Å². The minimum Gasteiger partial charge on any atom is -0.399 e. The summed E-state index contributed by atoms with van der Waals surface area (Å²) in [6, 6.07) is 6.21. The molecule has 1 aliphatic rings. The van der Waals surface area contributed by atoms with E-state index >= 15 is 0 Å². The van der Waals surface area contributed by atoms with E-state index in [9.17, 15) is 0 Å². The van der Waals surface area contributed by atoms with Crippen LogP contribution in [0.3, 0.4) is 0 Å². The molecule has 1 unspecified atom stereocenters. The number of benzene rings is 1. The van der Waals surface area contributed by atoms with Crippen molar-refractivity contribution >= 4 is 17.4 Å². The molecule has 0 bridgehead atoms. The minimum absolute atomic E-state index is 0.441. The molecule has 1 heterocycles. The highest BCUT2D eigenvalue weighted by Gasteiger charge is 2.15. The van der Waals surface area contributed by atoms with Gasteiger partial charge in [0.15, 0.2) is 0 Å². The number of ether oxygens (including phenoxy) is 1. The highest BCUT2D eigenvalue weighted by molar-refractivity contribution is 7.99. The Morgan fingerprint density at radius 2 is 2.33 bits per heavy atom. The predicted octanol–water partition coefficient (Wildman–Crippen LogP) is 2.85. The van der Waals surface area contributed by atoms with Crippen molar-refractivity contribution in [2.45, 2.75) is 30.8 Å². The highest BCUT2D eigenvalue weighted by Crippen LogP contribution is 2.26. The first-order valence-corrected chi connectivity index (χ1v) is 6.34. The van der Waals surface area contributed by atoms with Gasteiger partial charge in [-0.3, -0.25) is 0 Å². The van der Waals surface area contributed by atoms with E-state index < -0.39 is 0 Å². The molecule has 0 aromatic heterocycles. The van der Waals surface area contributed by atoms with Gasteiger partial charge in [-0.1, -0.05) is 0 Å². The molecule has 15 heavy (non-hydrogen) atoms. The molecule has 0 radical (unpaired) electrons. The number of hydrogen-bond donors (Lipinski definition) is 1. The van der Waals surface area contributed by atoms with Gasteiger partial charge in [0.1, 0.15) is 0 Å². The van der Waals surface area contributed by atoms with E-state index in [4.69, 9.17) is 10.5 Å². The Balaban J connectivity index is 1.92. The first kappa shape index (κ1) is 10.8. The SMILES string of the molecule is Cc1cc(N)cc(SCC2CCCO2)c1. The highest BCUT2D eigenvalue weighted by atomic mass is 32.2.